The third kappa shape index (κ3) is 5.58. The normalized spacial score (nSPS) is 11.1. The van der Waals surface area contributed by atoms with Gasteiger partial charge in [-0.05, 0) is 42.3 Å². The monoisotopic (exact) mass is 352 g/mol. The molecule has 0 aromatic heterocycles. The summed E-state index contributed by atoms with van der Waals surface area (Å²) in [5, 5.41) is 3.32. The van der Waals surface area contributed by atoms with E-state index in [1.807, 2.05) is 6.07 Å². The number of carbonyl (C=O) groups excluding carboxylic acids is 1. The van der Waals surface area contributed by atoms with E-state index in [2.05, 4.69) is 10.0 Å². The number of amides is 1. The van der Waals surface area contributed by atoms with Gasteiger partial charge in [0.1, 0.15) is 0 Å². The van der Waals surface area contributed by atoms with Gasteiger partial charge in [-0.2, -0.15) is 0 Å². The van der Waals surface area contributed by atoms with Crippen LogP contribution in [0, 0.1) is 6.92 Å². The van der Waals surface area contributed by atoms with Crippen LogP contribution in [0.15, 0.2) is 42.5 Å². The molecule has 0 aliphatic rings. The van der Waals surface area contributed by atoms with Gasteiger partial charge < -0.3 is 5.32 Å². The first-order valence-corrected chi connectivity index (χ1v) is 9.12. The van der Waals surface area contributed by atoms with E-state index in [4.69, 9.17) is 11.6 Å². The number of anilines is 2. The van der Waals surface area contributed by atoms with Crippen LogP contribution in [0.5, 0.6) is 0 Å². The van der Waals surface area contributed by atoms with Crippen molar-refractivity contribution in [3.05, 3.63) is 58.6 Å². The molecule has 0 radical (unpaired) electrons. The van der Waals surface area contributed by atoms with E-state index >= 15 is 0 Å². The third-order valence-electron chi connectivity index (χ3n) is 3.07. The number of benzene rings is 2. The predicted octanol–water partition coefficient (Wildman–Crippen LogP) is 3.20. The minimum Gasteiger partial charge on any atom is -0.326 e. The molecular formula is C16H17ClN2O3S. The summed E-state index contributed by atoms with van der Waals surface area (Å²) < 4.78 is 25.1. The van der Waals surface area contributed by atoms with Crippen molar-refractivity contribution in [3.63, 3.8) is 0 Å². The highest BCUT2D eigenvalue weighted by molar-refractivity contribution is 7.92. The first kappa shape index (κ1) is 17.3. The third-order valence-corrected chi connectivity index (χ3v) is 3.90. The number of rotatable bonds is 5. The van der Waals surface area contributed by atoms with E-state index in [9.17, 15) is 13.2 Å². The molecule has 2 N–H and O–H groups in total. The molecular weight excluding hydrogens is 336 g/mol. The van der Waals surface area contributed by atoms with Crippen LogP contribution >= 0.6 is 11.6 Å². The fourth-order valence-electron chi connectivity index (χ4n) is 2.05. The number of hydrogen-bond acceptors (Lipinski definition) is 3. The van der Waals surface area contributed by atoms with Crippen molar-refractivity contribution in [3.8, 4) is 0 Å². The van der Waals surface area contributed by atoms with Crippen molar-refractivity contribution < 1.29 is 13.2 Å². The second kappa shape index (κ2) is 7.02. The van der Waals surface area contributed by atoms with E-state index in [0.29, 0.717) is 16.4 Å². The average molecular weight is 353 g/mol. The van der Waals surface area contributed by atoms with Crippen LogP contribution in [0.2, 0.25) is 5.02 Å². The maximum atomic E-state index is 12.1. The topological polar surface area (TPSA) is 75.3 Å². The Kier molecular flexibility index (Phi) is 5.28. The maximum Gasteiger partial charge on any atom is 0.229 e. The van der Waals surface area contributed by atoms with Gasteiger partial charge in [-0.1, -0.05) is 29.8 Å². The zero-order valence-corrected chi connectivity index (χ0v) is 14.3. The zero-order valence-electron chi connectivity index (χ0n) is 12.8. The van der Waals surface area contributed by atoms with Crippen molar-refractivity contribution >= 4 is 38.9 Å². The Balaban J connectivity index is 2.10. The lowest BCUT2D eigenvalue weighted by Gasteiger charge is -2.11. The number of sulfonamides is 1. The van der Waals surface area contributed by atoms with Gasteiger partial charge in [-0.3, -0.25) is 9.52 Å². The summed E-state index contributed by atoms with van der Waals surface area (Å²) in [7, 11) is -3.38. The summed E-state index contributed by atoms with van der Waals surface area (Å²) in [5.74, 6) is -0.207. The summed E-state index contributed by atoms with van der Waals surface area (Å²) in [6, 6.07) is 12.1. The minimum atomic E-state index is -3.38. The number of halogens is 1. The van der Waals surface area contributed by atoms with Crippen LogP contribution < -0.4 is 10.0 Å². The van der Waals surface area contributed by atoms with Gasteiger partial charge in [0.15, 0.2) is 0 Å². The maximum absolute atomic E-state index is 12.1. The van der Waals surface area contributed by atoms with Gasteiger partial charge in [0.05, 0.1) is 18.4 Å². The number of hydrogen-bond donors (Lipinski definition) is 2. The summed E-state index contributed by atoms with van der Waals surface area (Å²) >= 11 is 5.89. The molecule has 0 aliphatic carbocycles. The molecule has 2 rings (SSSR count). The van der Waals surface area contributed by atoms with E-state index in [0.717, 1.165) is 17.4 Å². The molecule has 0 saturated heterocycles. The summed E-state index contributed by atoms with van der Waals surface area (Å²) in [4.78, 5) is 12.1. The molecule has 1 amide bonds. The van der Waals surface area contributed by atoms with Crippen LogP contribution in [-0.4, -0.2) is 20.6 Å². The lowest BCUT2D eigenvalue weighted by Crippen LogP contribution is -2.15. The number of aryl methyl sites for hydroxylation is 1. The minimum absolute atomic E-state index is 0.184. The second-order valence-electron chi connectivity index (χ2n) is 5.26. The molecule has 0 spiro atoms. The van der Waals surface area contributed by atoms with Crippen molar-refractivity contribution in [2.24, 2.45) is 0 Å². The smallest absolute Gasteiger partial charge is 0.229 e. The Morgan fingerprint density at radius 2 is 1.91 bits per heavy atom. The first-order valence-electron chi connectivity index (χ1n) is 6.86. The van der Waals surface area contributed by atoms with Crippen LogP contribution in [0.25, 0.3) is 0 Å². The van der Waals surface area contributed by atoms with Crippen molar-refractivity contribution in [1.82, 2.24) is 0 Å². The highest BCUT2D eigenvalue weighted by atomic mass is 35.5. The van der Waals surface area contributed by atoms with Crippen LogP contribution in [0.4, 0.5) is 11.4 Å². The average Bonchev–Trinajstić information content (AvgIpc) is 2.41. The Morgan fingerprint density at radius 3 is 2.57 bits per heavy atom. The number of nitrogens with one attached hydrogen (secondary N) is 2. The quantitative estimate of drug-likeness (QED) is 0.867. The standard InChI is InChI=1S/C16H17ClN2O3S/c1-11-6-7-14(10-15(11)19-23(2,21)22)18-16(20)9-12-4-3-5-13(17)8-12/h3-8,10,19H,9H2,1-2H3,(H,18,20). The van der Waals surface area contributed by atoms with Crippen molar-refractivity contribution in [2.45, 2.75) is 13.3 Å². The molecule has 23 heavy (non-hydrogen) atoms. The van der Waals surface area contributed by atoms with E-state index in [1.165, 1.54) is 0 Å². The Morgan fingerprint density at radius 1 is 1.17 bits per heavy atom. The zero-order chi connectivity index (χ0) is 17.0. The van der Waals surface area contributed by atoms with Gasteiger partial charge in [0.2, 0.25) is 15.9 Å². The second-order valence-corrected chi connectivity index (χ2v) is 7.44. The van der Waals surface area contributed by atoms with Gasteiger partial charge in [0.25, 0.3) is 0 Å². The van der Waals surface area contributed by atoms with Gasteiger partial charge in [-0.15, -0.1) is 0 Å². The Labute approximate surface area is 140 Å². The molecule has 0 aliphatic heterocycles. The van der Waals surface area contributed by atoms with Crippen LogP contribution in [0.3, 0.4) is 0 Å². The highest BCUT2D eigenvalue weighted by Crippen LogP contribution is 2.21. The van der Waals surface area contributed by atoms with E-state index in [-0.39, 0.29) is 12.3 Å². The first-order chi connectivity index (χ1) is 10.7. The predicted molar refractivity (Wildman–Crippen MR) is 93.4 cm³/mol. The van der Waals surface area contributed by atoms with Gasteiger partial charge in [0, 0.05) is 10.7 Å². The van der Waals surface area contributed by atoms with Crippen LogP contribution in [-0.2, 0) is 21.2 Å². The number of carbonyl (C=O) groups is 1. The van der Waals surface area contributed by atoms with Gasteiger partial charge >= 0.3 is 0 Å². The van der Waals surface area contributed by atoms with E-state index < -0.39 is 10.0 Å². The highest BCUT2D eigenvalue weighted by Gasteiger charge is 2.09. The molecule has 2 aromatic rings. The molecule has 0 bridgehead atoms. The lowest BCUT2D eigenvalue weighted by molar-refractivity contribution is -0.115. The fourth-order valence-corrected chi connectivity index (χ4v) is 2.88. The van der Waals surface area contributed by atoms with Crippen molar-refractivity contribution in [2.75, 3.05) is 16.3 Å². The molecule has 0 unspecified atom stereocenters. The molecule has 0 saturated carbocycles. The summed E-state index contributed by atoms with van der Waals surface area (Å²) in [5.41, 5.74) is 2.53. The molecule has 7 heteroatoms. The molecule has 0 atom stereocenters. The molecule has 122 valence electrons. The molecule has 0 heterocycles. The van der Waals surface area contributed by atoms with Crippen LogP contribution in [0.1, 0.15) is 11.1 Å². The van der Waals surface area contributed by atoms with Gasteiger partial charge in [-0.25, -0.2) is 8.42 Å². The Hall–Kier alpha value is -2.05. The Bertz CT molecular complexity index is 835. The van der Waals surface area contributed by atoms with E-state index in [1.54, 1.807) is 43.3 Å². The summed E-state index contributed by atoms with van der Waals surface area (Å²) in [6.07, 6.45) is 1.26. The summed E-state index contributed by atoms with van der Waals surface area (Å²) in [6.45, 7) is 1.78. The van der Waals surface area contributed by atoms with Crippen molar-refractivity contribution in [1.29, 1.82) is 0 Å². The fraction of sp³-hybridized carbons (Fsp3) is 0.188. The molecule has 5 nitrogen and oxygen atoms in total. The molecule has 2 aromatic carbocycles. The SMILES string of the molecule is Cc1ccc(NC(=O)Cc2cccc(Cl)c2)cc1NS(C)(=O)=O. The lowest BCUT2D eigenvalue weighted by atomic mass is 10.1. The largest absolute Gasteiger partial charge is 0.326 e. The molecule has 0 fully saturated rings.